The lowest BCUT2D eigenvalue weighted by molar-refractivity contribution is 0.0994. The molecular formula is C15H17NO. The van der Waals surface area contributed by atoms with E-state index in [2.05, 4.69) is 43.5 Å². The Hall–Kier alpha value is -1.57. The summed E-state index contributed by atoms with van der Waals surface area (Å²) < 4.78 is 2.18. The fraction of sp³-hybridized carbons (Fsp3) is 0.400. The molecule has 0 fully saturated rings. The van der Waals surface area contributed by atoms with Crippen molar-refractivity contribution in [3.63, 3.8) is 0 Å². The molecule has 0 aliphatic carbocycles. The van der Waals surface area contributed by atoms with Crippen molar-refractivity contribution in [3.8, 4) is 0 Å². The molecule has 0 unspecified atom stereocenters. The van der Waals surface area contributed by atoms with E-state index in [1.54, 1.807) is 0 Å². The van der Waals surface area contributed by atoms with Crippen molar-refractivity contribution in [2.45, 2.75) is 39.7 Å². The molecule has 0 N–H and O–H groups in total. The summed E-state index contributed by atoms with van der Waals surface area (Å²) in [5.74, 6) is 0.828. The zero-order chi connectivity index (χ0) is 12.2. The minimum atomic E-state index is 0.296. The lowest BCUT2D eigenvalue weighted by atomic mass is 10.00. The van der Waals surface area contributed by atoms with E-state index in [-0.39, 0.29) is 0 Å². The minimum Gasteiger partial charge on any atom is -0.337 e. The number of carbonyl (C=O) groups excluding carboxylic acids is 1. The van der Waals surface area contributed by atoms with Crippen molar-refractivity contribution in [2.75, 3.05) is 0 Å². The predicted molar refractivity (Wildman–Crippen MR) is 69.7 cm³/mol. The number of rotatable bonds is 1. The molecule has 0 bridgehead atoms. The van der Waals surface area contributed by atoms with Gasteiger partial charge < -0.3 is 4.57 Å². The fourth-order valence-corrected chi connectivity index (χ4v) is 2.82. The van der Waals surface area contributed by atoms with Crippen LogP contribution in [0.2, 0.25) is 0 Å². The predicted octanol–water partition coefficient (Wildman–Crippen LogP) is 3.66. The lowest BCUT2D eigenvalue weighted by Gasteiger charge is -2.06. The highest BCUT2D eigenvalue weighted by molar-refractivity contribution is 6.04. The van der Waals surface area contributed by atoms with Gasteiger partial charge in [0.2, 0.25) is 0 Å². The van der Waals surface area contributed by atoms with Gasteiger partial charge in [-0.2, -0.15) is 0 Å². The molecule has 2 heteroatoms. The van der Waals surface area contributed by atoms with Gasteiger partial charge in [-0.3, -0.25) is 4.79 Å². The first kappa shape index (κ1) is 10.6. The van der Waals surface area contributed by atoms with Crippen LogP contribution in [0.4, 0.5) is 0 Å². The van der Waals surface area contributed by atoms with Gasteiger partial charge in [0.15, 0.2) is 5.78 Å². The smallest absolute Gasteiger partial charge is 0.181 e. The van der Waals surface area contributed by atoms with Crippen molar-refractivity contribution >= 4 is 16.7 Å². The minimum absolute atomic E-state index is 0.296. The number of fused-ring (bicyclic) bond motifs is 3. The van der Waals surface area contributed by atoms with Gasteiger partial charge in [-0.15, -0.1) is 0 Å². The topological polar surface area (TPSA) is 22.0 Å². The van der Waals surface area contributed by atoms with E-state index in [1.165, 1.54) is 16.5 Å². The Balaban J connectivity index is 2.33. The Bertz CT molecular complexity index is 619. The summed E-state index contributed by atoms with van der Waals surface area (Å²) in [5.41, 5.74) is 4.65. The first-order chi connectivity index (χ1) is 8.09. The molecule has 0 saturated heterocycles. The SMILES string of the molecule is Cc1c2n(c3ccc(C(C)C)cc13)CCC2=O. The summed E-state index contributed by atoms with van der Waals surface area (Å²) in [6.45, 7) is 7.32. The van der Waals surface area contributed by atoms with Gasteiger partial charge in [-0.05, 0) is 36.1 Å². The van der Waals surface area contributed by atoms with Crippen LogP contribution in [0.1, 0.15) is 47.8 Å². The highest BCUT2D eigenvalue weighted by Crippen LogP contribution is 2.32. The highest BCUT2D eigenvalue weighted by Gasteiger charge is 2.25. The molecule has 0 radical (unpaired) electrons. The summed E-state index contributed by atoms with van der Waals surface area (Å²) in [4.78, 5) is 11.9. The molecule has 0 atom stereocenters. The Kier molecular flexibility index (Phi) is 2.15. The number of nitrogens with zero attached hydrogens (tertiary/aromatic N) is 1. The number of benzene rings is 1. The van der Waals surface area contributed by atoms with E-state index in [0.29, 0.717) is 18.1 Å². The summed E-state index contributed by atoms with van der Waals surface area (Å²) in [6.07, 6.45) is 0.665. The molecule has 2 nitrogen and oxygen atoms in total. The molecule has 3 rings (SSSR count). The number of aromatic nitrogens is 1. The van der Waals surface area contributed by atoms with E-state index in [0.717, 1.165) is 17.8 Å². The maximum atomic E-state index is 11.9. The van der Waals surface area contributed by atoms with Gasteiger partial charge in [-0.25, -0.2) is 0 Å². The number of aryl methyl sites for hydroxylation is 2. The number of carbonyl (C=O) groups is 1. The molecule has 2 aromatic rings. The van der Waals surface area contributed by atoms with E-state index < -0.39 is 0 Å². The van der Waals surface area contributed by atoms with Crippen LogP contribution < -0.4 is 0 Å². The summed E-state index contributed by atoms with van der Waals surface area (Å²) in [5, 5.41) is 1.25. The van der Waals surface area contributed by atoms with E-state index in [4.69, 9.17) is 0 Å². The highest BCUT2D eigenvalue weighted by atomic mass is 16.1. The maximum Gasteiger partial charge on any atom is 0.181 e. The first-order valence-corrected chi connectivity index (χ1v) is 6.25. The standard InChI is InChI=1S/C15H17NO/c1-9(2)11-4-5-13-12(8-11)10(3)15-14(17)6-7-16(13)15/h4-5,8-9H,6-7H2,1-3H3. The van der Waals surface area contributed by atoms with Crippen LogP contribution in [-0.2, 0) is 6.54 Å². The van der Waals surface area contributed by atoms with Gasteiger partial charge in [-0.1, -0.05) is 19.9 Å². The Morgan fingerprint density at radius 2 is 2.06 bits per heavy atom. The summed E-state index contributed by atoms with van der Waals surface area (Å²) >= 11 is 0. The van der Waals surface area contributed by atoms with Crippen LogP contribution in [0.25, 0.3) is 10.9 Å². The Labute approximate surface area is 101 Å². The Morgan fingerprint density at radius 3 is 2.76 bits per heavy atom. The first-order valence-electron chi connectivity index (χ1n) is 6.25. The van der Waals surface area contributed by atoms with Crippen LogP contribution in [0, 0.1) is 6.92 Å². The molecule has 0 amide bonds. The van der Waals surface area contributed by atoms with Crippen LogP contribution in [-0.4, -0.2) is 10.4 Å². The molecule has 1 aromatic heterocycles. The van der Waals surface area contributed by atoms with E-state index >= 15 is 0 Å². The van der Waals surface area contributed by atoms with Gasteiger partial charge in [0.1, 0.15) is 0 Å². The molecule has 2 heterocycles. The van der Waals surface area contributed by atoms with Gasteiger partial charge in [0, 0.05) is 23.9 Å². The molecule has 0 spiro atoms. The van der Waals surface area contributed by atoms with Gasteiger partial charge >= 0.3 is 0 Å². The second-order valence-electron chi connectivity index (χ2n) is 5.23. The average molecular weight is 227 g/mol. The molecule has 1 aromatic carbocycles. The quantitative estimate of drug-likeness (QED) is 0.728. The van der Waals surface area contributed by atoms with Crippen LogP contribution >= 0.6 is 0 Å². The van der Waals surface area contributed by atoms with Crippen molar-refractivity contribution in [1.29, 1.82) is 0 Å². The fourth-order valence-electron chi connectivity index (χ4n) is 2.82. The van der Waals surface area contributed by atoms with Crippen molar-refractivity contribution in [1.82, 2.24) is 4.57 Å². The molecule has 1 aliphatic rings. The molecule has 0 saturated carbocycles. The molecular weight excluding hydrogens is 210 g/mol. The van der Waals surface area contributed by atoms with Crippen molar-refractivity contribution < 1.29 is 4.79 Å². The summed E-state index contributed by atoms with van der Waals surface area (Å²) in [7, 11) is 0. The van der Waals surface area contributed by atoms with Gasteiger partial charge in [0.25, 0.3) is 0 Å². The Morgan fingerprint density at radius 1 is 1.29 bits per heavy atom. The zero-order valence-corrected chi connectivity index (χ0v) is 10.6. The van der Waals surface area contributed by atoms with Crippen LogP contribution in [0.15, 0.2) is 18.2 Å². The number of Topliss-reactive ketones (excluding diaryl/α,β-unsaturated/α-hetero) is 1. The zero-order valence-electron chi connectivity index (χ0n) is 10.6. The molecule has 88 valence electrons. The lowest BCUT2D eigenvalue weighted by Crippen LogP contribution is -1.94. The third-order valence-corrected chi connectivity index (χ3v) is 3.83. The van der Waals surface area contributed by atoms with E-state index in [9.17, 15) is 4.79 Å². The third kappa shape index (κ3) is 1.36. The van der Waals surface area contributed by atoms with Crippen molar-refractivity contribution in [2.24, 2.45) is 0 Å². The van der Waals surface area contributed by atoms with E-state index in [1.807, 2.05) is 0 Å². The monoisotopic (exact) mass is 227 g/mol. The number of ketones is 1. The van der Waals surface area contributed by atoms with Crippen LogP contribution in [0.3, 0.4) is 0 Å². The van der Waals surface area contributed by atoms with Crippen LogP contribution in [0.5, 0.6) is 0 Å². The number of hydrogen-bond acceptors (Lipinski definition) is 1. The summed E-state index contributed by atoms with van der Waals surface area (Å²) in [6, 6.07) is 6.59. The number of hydrogen-bond donors (Lipinski definition) is 0. The third-order valence-electron chi connectivity index (χ3n) is 3.83. The van der Waals surface area contributed by atoms with Crippen molar-refractivity contribution in [3.05, 3.63) is 35.0 Å². The second-order valence-corrected chi connectivity index (χ2v) is 5.23. The molecule has 1 aliphatic heterocycles. The maximum absolute atomic E-state index is 11.9. The second kappa shape index (κ2) is 3.46. The van der Waals surface area contributed by atoms with Gasteiger partial charge in [0.05, 0.1) is 5.69 Å². The normalized spacial score (nSPS) is 14.9. The average Bonchev–Trinajstić information content (AvgIpc) is 2.80. The largest absolute Gasteiger partial charge is 0.337 e. The molecule has 17 heavy (non-hydrogen) atoms.